The lowest BCUT2D eigenvalue weighted by Crippen LogP contribution is -2.57. The number of nitrogens with zero attached hydrogens (tertiary/aromatic N) is 2. The summed E-state index contributed by atoms with van der Waals surface area (Å²) in [5.74, 6) is 0. The molecule has 7 nitrogen and oxygen atoms in total. The van der Waals surface area contributed by atoms with Gasteiger partial charge in [0.15, 0.2) is 0 Å². The average Bonchev–Trinajstić information content (AvgIpc) is 2.52. The largest absolute Gasteiger partial charge is 0.493 e. The molecule has 0 unspecified atom stereocenters. The summed E-state index contributed by atoms with van der Waals surface area (Å²) in [4.78, 5) is 4.28. The zero-order chi connectivity index (χ0) is 17.9. The van der Waals surface area contributed by atoms with Crippen molar-refractivity contribution in [3.05, 3.63) is 0 Å². The summed E-state index contributed by atoms with van der Waals surface area (Å²) in [6, 6.07) is 1.49. The summed E-state index contributed by atoms with van der Waals surface area (Å²) in [7, 11) is 9.21. The fraction of sp³-hybridized carbons (Fsp3) is 1.00. The normalized spacial score (nSPS) is 13.3. The Hall–Kier alpha value is 0.154. The van der Waals surface area contributed by atoms with Gasteiger partial charge in [-0.2, -0.15) is 0 Å². The minimum atomic E-state index is -2.79. The molecule has 0 aromatic heterocycles. The molecule has 0 bridgehead atoms. The van der Waals surface area contributed by atoms with Crippen LogP contribution in [0.1, 0.15) is 12.8 Å². The first-order chi connectivity index (χ1) is 10.8. The maximum absolute atomic E-state index is 6.34. The van der Waals surface area contributed by atoms with Gasteiger partial charge in [-0.15, -0.1) is 0 Å². The molecule has 140 valence electrons. The van der Waals surface area contributed by atoms with Crippen LogP contribution >= 0.6 is 0 Å². The second-order valence-corrected chi connectivity index (χ2v) is 12.3. The number of hydrogen-bond acceptors (Lipinski definition) is 7. The molecule has 0 spiro atoms. The Labute approximate surface area is 144 Å². The van der Waals surface area contributed by atoms with E-state index >= 15 is 0 Å². The van der Waals surface area contributed by atoms with E-state index in [0.29, 0.717) is 0 Å². The molecule has 0 saturated carbocycles. The van der Waals surface area contributed by atoms with Gasteiger partial charge in [0.05, 0.1) is 0 Å². The highest BCUT2D eigenvalue weighted by molar-refractivity contribution is 6.74. The van der Waals surface area contributed by atoms with E-state index < -0.39 is 17.6 Å². The van der Waals surface area contributed by atoms with E-state index in [1.807, 2.05) is 28.2 Å². The summed E-state index contributed by atoms with van der Waals surface area (Å²) >= 11 is 0. The summed E-state index contributed by atoms with van der Waals surface area (Å²) in [5.41, 5.74) is 0. The number of hydrogen-bond donors (Lipinski definition) is 0. The van der Waals surface area contributed by atoms with Crippen molar-refractivity contribution in [3.8, 4) is 0 Å². The highest BCUT2D eigenvalue weighted by Crippen LogP contribution is 2.26. The average molecular weight is 369 g/mol. The van der Waals surface area contributed by atoms with Crippen LogP contribution in [0.3, 0.4) is 0 Å². The molecule has 0 heterocycles. The molecule has 0 aliphatic rings. The molecule has 0 aromatic carbocycles. The molecule has 0 fully saturated rings. The highest BCUT2D eigenvalue weighted by atomic mass is 28.5. The third-order valence-corrected chi connectivity index (χ3v) is 10.6. The van der Waals surface area contributed by atoms with Crippen molar-refractivity contribution in [1.82, 2.24) is 9.80 Å². The first-order valence-electron chi connectivity index (χ1n) is 7.99. The Morgan fingerprint density at radius 1 is 0.609 bits per heavy atom. The van der Waals surface area contributed by atoms with Crippen molar-refractivity contribution in [2.75, 3.05) is 69.7 Å². The van der Waals surface area contributed by atoms with Gasteiger partial charge in [0.1, 0.15) is 0 Å². The Morgan fingerprint density at radius 3 is 1.13 bits per heavy atom. The molecule has 0 aliphatic heterocycles. The van der Waals surface area contributed by atoms with Crippen LogP contribution in [0, 0.1) is 0 Å². The smallest absolute Gasteiger partial charge is 0.377 e. The van der Waals surface area contributed by atoms with Gasteiger partial charge in [0.25, 0.3) is 0 Å². The SMILES string of the molecule is CO[Si](CCCN(C)C)(OC)O[Si](CCCN(C)C)(OC)OC. The van der Waals surface area contributed by atoms with Crippen molar-refractivity contribution >= 4 is 17.6 Å². The van der Waals surface area contributed by atoms with Crippen molar-refractivity contribution in [2.24, 2.45) is 0 Å². The predicted molar refractivity (Wildman–Crippen MR) is 96.6 cm³/mol. The predicted octanol–water partition coefficient (Wildman–Crippen LogP) is 1.37. The van der Waals surface area contributed by atoms with Crippen molar-refractivity contribution in [3.63, 3.8) is 0 Å². The third kappa shape index (κ3) is 8.70. The minimum absolute atomic E-state index is 0.743. The molecular weight excluding hydrogens is 332 g/mol. The zero-order valence-corrected chi connectivity index (χ0v) is 18.2. The Bertz CT molecular complexity index is 273. The minimum Gasteiger partial charge on any atom is -0.377 e. The zero-order valence-electron chi connectivity index (χ0n) is 16.2. The third-order valence-electron chi connectivity index (χ3n) is 3.73. The van der Waals surface area contributed by atoms with Crippen LogP contribution in [0.15, 0.2) is 0 Å². The first kappa shape index (κ1) is 23.2. The lowest BCUT2D eigenvalue weighted by atomic mass is 10.5. The van der Waals surface area contributed by atoms with E-state index in [4.69, 9.17) is 21.8 Å². The summed E-state index contributed by atoms with van der Waals surface area (Å²) < 4.78 is 29.1. The Kier molecular flexibility index (Phi) is 11.7. The molecular formula is C14H36N2O5Si2. The fourth-order valence-corrected chi connectivity index (χ4v) is 8.68. The Balaban J connectivity index is 4.91. The second kappa shape index (κ2) is 11.7. The molecule has 0 aliphatic carbocycles. The van der Waals surface area contributed by atoms with Gasteiger partial charge in [-0.25, -0.2) is 0 Å². The molecule has 9 heteroatoms. The van der Waals surface area contributed by atoms with Crippen LogP contribution in [0.4, 0.5) is 0 Å². The monoisotopic (exact) mass is 368 g/mol. The van der Waals surface area contributed by atoms with Crippen molar-refractivity contribution in [1.29, 1.82) is 0 Å². The molecule has 0 atom stereocenters. The van der Waals surface area contributed by atoms with E-state index in [1.54, 1.807) is 28.4 Å². The van der Waals surface area contributed by atoms with Gasteiger partial charge in [-0.3, -0.25) is 0 Å². The topological polar surface area (TPSA) is 52.6 Å². The van der Waals surface area contributed by atoms with E-state index in [2.05, 4.69) is 9.80 Å². The van der Waals surface area contributed by atoms with E-state index in [1.165, 1.54) is 0 Å². The standard InChI is InChI=1S/C14H36N2O5Si2/c1-15(2)11-9-13-22(17-5,18-6)21-23(19-7,20-8)14-10-12-16(3)4/h9-14H2,1-8H3. The first-order valence-corrected chi connectivity index (χ1v) is 11.8. The van der Waals surface area contributed by atoms with Crippen LogP contribution in [-0.2, 0) is 21.8 Å². The summed E-state index contributed by atoms with van der Waals surface area (Å²) in [6.45, 7) is 1.92. The second-order valence-electron chi connectivity index (χ2n) is 6.10. The van der Waals surface area contributed by atoms with Gasteiger partial charge < -0.3 is 31.6 Å². The van der Waals surface area contributed by atoms with Crippen molar-refractivity contribution in [2.45, 2.75) is 24.9 Å². The van der Waals surface area contributed by atoms with Gasteiger partial charge in [0, 0.05) is 40.5 Å². The maximum atomic E-state index is 6.34. The van der Waals surface area contributed by atoms with Crippen LogP contribution < -0.4 is 0 Å². The molecule has 0 rings (SSSR count). The lowest BCUT2D eigenvalue weighted by molar-refractivity contribution is 0.0852. The molecule has 0 amide bonds. The van der Waals surface area contributed by atoms with E-state index in [0.717, 1.165) is 38.0 Å². The Morgan fingerprint density at radius 2 is 0.913 bits per heavy atom. The van der Waals surface area contributed by atoms with Crippen LogP contribution in [0.2, 0.25) is 12.1 Å². The molecule has 0 aromatic rings. The molecule has 23 heavy (non-hydrogen) atoms. The van der Waals surface area contributed by atoms with Gasteiger partial charge in [-0.05, 0) is 54.1 Å². The maximum Gasteiger partial charge on any atom is 0.493 e. The van der Waals surface area contributed by atoms with E-state index in [-0.39, 0.29) is 0 Å². The summed E-state index contributed by atoms with van der Waals surface area (Å²) in [5, 5.41) is 0. The van der Waals surface area contributed by atoms with Crippen molar-refractivity contribution < 1.29 is 21.8 Å². The van der Waals surface area contributed by atoms with Crippen LogP contribution in [0.5, 0.6) is 0 Å². The fourth-order valence-electron chi connectivity index (χ4n) is 2.30. The highest BCUT2D eigenvalue weighted by Gasteiger charge is 2.51. The van der Waals surface area contributed by atoms with Crippen LogP contribution in [-0.4, -0.2) is 97.1 Å². The van der Waals surface area contributed by atoms with Gasteiger partial charge in [-0.1, -0.05) is 0 Å². The van der Waals surface area contributed by atoms with Gasteiger partial charge in [0.2, 0.25) is 0 Å². The molecule has 0 radical (unpaired) electrons. The molecule has 0 N–H and O–H groups in total. The molecule has 0 saturated heterocycles. The lowest BCUT2D eigenvalue weighted by Gasteiger charge is -2.36. The number of rotatable bonds is 14. The van der Waals surface area contributed by atoms with Gasteiger partial charge >= 0.3 is 17.6 Å². The van der Waals surface area contributed by atoms with E-state index in [9.17, 15) is 0 Å². The van der Waals surface area contributed by atoms with Crippen LogP contribution in [0.25, 0.3) is 0 Å². The quantitative estimate of drug-likeness (QED) is 0.429. The summed E-state index contributed by atoms with van der Waals surface area (Å²) in [6.07, 6.45) is 1.88.